The molecule has 0 aliphatic carbocycles. The van der Waals surface area contributed by atoms with Crippen LogP contribution in [0.15, 0.2) is 0 Å². The molecule has 110 valence electrons. The second kappa shape index (κ2) is 8.41. The van der Waals surface area contributed by atoms with E-state index in [-0.39, 0.29) is 0 Å². The number of nitrogens with two attached hydrogens (primary N) is 1. The second-order valence-electron chi connectivity index (χ2n) is 6.06. The molecular weight excluding hydrogens is 266 g/mol. The molecule has 1 aliphatic heterocycles. The summed E-state index contributed by atoms with van der Waals surface area (Å²) < 4.78 is 5.84. The van der Waals surface area contributed by atoms with Crippen LogP contribution in [0.2, 0.25) is 25.7 Å². The average molecular weight is 296 g/mol. The van der Waals surface area contributed by atoms with Gasteiger partial charge < -0.3 is 25.5 Å². The maximum Gasteiger partial charge on any atom is 0.164 e. The number of rotatable bonds is 4. The predicted octanol–water partition coefficient (Wildman–Crippen LogP) is -0.402. The monoisotopic (exact) mass is 295 g/mol. The van der Waals surface area contributed by atoms with Crippen LogP contribution in [0.3, 0.4) is 0 Å². The van der Waals surface area contributed by atoms with Crippen LogP contribution in [-0.4, -0.2) is 63.4 Å². The maximum absolute atomic E-state index is 8.34. The van der Waals surface area contributed by atoms with Crippen LogP contribution in [0.25, 0.3) is 0 Å². The number of hydrogen-bond donors (Lipinski definition) is 4. The third kappa shape index (κ3) is 6.98. The molecule has 5 nitrogen and oxygen atoms in total. The summed E-state index contributed by atoms with van der Waals surface area (Å²) in [7, 11) is -1.52. The lowest BCUT2D eigenvalue weighted by Gasteiger charge is -2.30. The van der Waals surface area contributed by atoms with E-state index in [1.807, 2.05) is 0 Å². The molecule has 1 heterocycles. The average Bonchev–Trinajstić information content (AvgIpc) is 2.39. The van der Waals surface area contributed by atoms with Gasteiger partial charge in [0.1, 0.15) is 0 Å². The van der Waals surface area contributed by atoms with Gasteiger partial charge in [-0.05, 0) is 12.5 Å². The highest BCUT2D eigenvalue weighted by Crippen LogP contribution is 2.19. The minimum Gasteiger partial charge on any atom is -0.423 e. The van der Waals surface area contributed by atoms with Crippen molar-refractivity contribution >= 4 is 16.1 Å². The first kappa shape index (κ1) is 18.2. The summed E-state index contributed by atoms with van der Waals surface area (Å²) in [6.45, 7) is 7.22. The Morgan fingerprint density at radius 2 is 1.61 bits per heavy atom. The topological polar surface area (TPSA) is 95.9 Å². The van der Waals surface area contributed by atoms with Gasteiger partial charge in [0, 0.05) is 6.61 Å². The van der Waals surface area contributed by atoms with Crippen LogP contribution in [0, 0.1) is 0 Å². The quantitative estimate of drug-likeness (QED) is 0.529. The minimum absolute atomic E-state index is 0.403. The van der Waals surface area contributed by atoms with Gasteiger partial charge in [-0.15, -0.1) is 0 Å². The molecule has 0 aromatic heterocycles. The van der Waals surface area contributed by atoms with Crippen molar-refractivity contribution < 1.29 is 19.7 Å². The minimum atomic E-state index is -1.21. The molecule has 7 heteroatoms. The van der Waals surface area contributed by atoms with Crippen molar-refractivity contribution in [3.8, 4) is 0 Å². The lowest BCUT2D eigenvalue weighted by Crippen LogP contribution is -2.50. The highest BCUT2D eigenvalue weighted by atomic mass is 29.2. The van der Waals surface area contributed by atoms with Crippen molar-refractivity contribution in [2.45, 2.75) is 44.1 Å². The van der Waals surface area contributed by atoms with Gasteiger partial charge in [0.05, 0.1) is 33.0 Å². The normalized spacial score (nSPS) is 21.2. The molecule has 0 radical (unpaired) electrons. The molecule has 0 saturated carbocycles. The fourth-order valence-corrected chi connectivity index (χ4v) is 9.28. The molecule has 5 N–H and O–H groups in total. The first-order valence-corrected chi connectivity index (χ1v) is 13.1. The van der Waals surface area contributed by atoms with Crippen LogP contribution >= 0.6 is 0 Å². The van der Waals surface area contributed by atoms with Gasteiger partial charge in [-0.1, -0.05) is 26.1 Å². The van der Waals surface area contributed by atoms with Crippen molar-refractivity contribution in [1.82, 2.24) is 0 Å². The Morgan fingerprint density at radius 1 is 1.11 bits per heavy atom. The predicted molar refractivity (Wildman–Crippen MR) is 78.7 cm³/mol. The first-order chi connectivity index (χ1) is 8.29. The van der Waals surface area contributed by atoms with Crippen molar-refractivity contribution in [2.24, 2.45) is 5.73 Å². The second-order valence-corrected chi connectivity index (χ2v) is 19.8. The smallest absolute Gasteiger partial charge is 0.164 e. The lowest BCUT2D eigenvalue weighted by molar-refractivity contribution is 0.0698. The van der Waals surface area contributed by atoms with Crippen LogP contribution in [0.5, 0.6) is 0 Å². The van der Waals surface area contributed by atoms with Crippen LogP contribution < -0.4 is 5.73 Å². The fraction of sp³-hybridized carbons (Fsp3) is 1.00. The van der Waals surface area contributed by atoms with Crippen molar-refractivity contribution in [3.05, 3.63) is 0 Å². The highest BCUT2D eigenvalue weighted by molar-refractivity contribution is 7.29. The lowest BCUT2D eigenvalue weighted by atomic mass is 10.1. The van der Waals surface area contributed by atoms with Gasteiger partial charge in [0.25, 0.3) is 0 Å². The Hall–Kier alpha value is 0.234. The molecule has 18 heavy (non-hydrogen) atoms. The standard InChI is InChI=1S/C7H18OSi2.C4H11NO3/c1-10(2,3)9-7-5-4-6-8-9;5-4(1-6,2-7)3-8/h9H,4-7H2,1-3H3;6-8H,1-3,5H2. The molecule has 1 saturated heterocycles. The Morgan fingerprint density at radius 3 is 1.78 bits per heavy atom. The molecule has 1 atom stereocenters. The van der Waals surface area contributed by atoms with Crippen molar-refractivity contribution in [1.29, 1.82) is 0 Å². The molecule has 0 spiro atoms. The van der Waals surface area contributed by atoms with E-state index in [1.54, 1.807) is 0 Å². The summed E-state index contributed by atoms with van der Waals surface area (Å²) in [5, 5.41) is 25.0. The highest BCUT2D eigenvalue weighted by Gasteiger charge is 2.30. The van der Waals surface area contributed by atoms with Crippen LogP contribution in [-0.2, 0) is 4.43 Å². The molecule has 0 bridgehead atoms. The van der Waals surface area contributed by atoms with Gasteiger partial charge in [-0.25, -0.2) is 0 Å². The Balaban J connectivity index is 0.000000331. The summed E-state index contributed by atoms with van der Waals surface area (Å²) in [6.07, 6.45) is 2.76. The first-order valence-electron chi connectivity index (χ1n) is 6.52. The molecule has 1 fully saturated rings. The van der Waals surface area contributed by atoms with Gasteiger partial charge in [0.15, 0.2) is 8.56 Å². The molecule has 0 amide bonds. The number of aliphatic hydroxyl groups excluding tert-OH is 3. The Kier molecular flexibility index (Phi) is 8.52. The number of hydrogen-bond acceptors (Lipinski definition) is 5. The van der Waals surface area contributed by atoms with Gasteiger partial charge >= 0.3 is 0 Å². The number of aliphatic hydroxyl groups is 3. The zero-order valence-corrected chi connectivity index (χ0v) is 14.0. The molecule has 0 aromatic carbocycles. The summed E-state index contributed by atoms with van der Waals surface area (Å²) in [5.41, 5.74) is 3.94. The van der Waals surface area contributed by atoms with E-state index in [0.29, 0.717) is 0 Å². The summed E-state index contributed by atoms with van der Waals surface area (Å²) in [4.78, 5) is 0. The fourth-order valence-electron chi connectivity index (χ4n) is 1.57. The van der Waals surface area contributed by atoms with E-state index in [0.717, 1.165) is 6.61 Å². The molecule has 1 unspecified atom stereocenters. The maximum atomic E-state index is 8.34. The Labute approximate surface area is 112 Å². The molecular formula is C11H29NO4Si2. The zero-order chi connectivity index (χ0) is 14.2. The molecule has 1 rings (SSSR count). The summed E-state index contributed by atoms with van der Waals surface area (Å²) in [6, 6.07) is 1.45. The van der Waals surface area contributed by atoms with E-state index in [2.05, 4.69) is 19.6 Å². The van der Waals surface area contributed by atoms with E-state index < -0.39 is 41.5 Å². The largest absolute Gasteiger partial charge is 0.423 e. The summed E-state index contributed by atoms with van der Waals surface area (Å²) in [5.74, 6) is 0. The van der Waals surface area contributed by atoms with Crippen molar-refractivity contribution in [2.75, 3.05) is 26.4 Å². The third-order valence-electron chi connectivity index (χ3n) is 3.09. The Bertz CT molecular complexity index is 205. The van der Waals surface area contributed by atoms with Gasteiger partial charge in [0.2, 0.25) is 0 Å². The molecule has 1 aliphatic rings. The van der Waals surface area contributed by atoms with Crippen LogP contribution in [0.4, 0.5) is 0 Å². The van der Waals surface area contributed by atoms with Gasteiger partial charge in [-0.3, -0.25) is 0 Å². The molecule has 0 aromatic rings. The SMILES string of the molecule is C[Si](C)(C)[SiH]1CCCCO1.NC(CO)(CO)CO. The summed E-state index contributed by atoms with van der Waals surface area (Å²) >= 11 is 0. The van der Waals surface area contributed by atoms with Crippen LogP contribution in [0.1, 0.15) is 12.8 Å². The van der Waals surface area contributed by atoms with E-state index in [9.17, 15) is 0 Å². The zero-order valence-electron chi connectivity index (χ0n) is 11.9. The van der Waals surface area contributed by atoms with Crippen molar-refractivity contribution in [3.63, 3.8) is 0 Å². The van der Waals surface area contributed by atoms with E-state index in [4.69, 9.17) is 25.5 Å². The van der Waals surface area contributed by atoms with E-state index in [1.165, 1.54) is 18.9 Å². The third-order valence-corrected chi connectivity index (χ3v) is 13.8. The van der Waals surface area contributed by atoms with Gasteiger partial charge in [-0.2, -0.15) is 0 Å². The van der Waals surface area contributed by atoms with E-state index >= 15 is 0 Å².